The van der Waals surface area contributed by atoms with Crippen molar-refractivity contribution in [3.63, 3.8) is 0 Å². The molecule has 4 nitrogen and oxygen atoms in total. The van der Waals surface area contributed by atoms with Gasteiger partial charge < -0.3 is 14.9 Å². The molecule has 5 heteroatoms. The molecule has 1 aromatic carbocycles. The van der Waals surface area contributed by atoms with E-state index in [0.29, 0.717) is 10.7 Å². The molecule has 0 saturated carbocycles. The lowest BCUT2D eigenvalue weighted by atomic mass is 10.1. The minimum absolute atomic E-state index is 0.284. The molecule has 1 rings (SSSR count). The fourth-order valence-corrected chi connectivity index (χ4v) is 1.91. The molecular weight excluding hydrogens is 252 g/mol. The van der Waals surface area contributed by atoms with Crippen molar-refractivity contribution in [1.82, 2.24) is 4.90 Å². The summed E-state index contributed by atoms with van der Waals surface area (Å²) in [4.78, 5) is 15.2. The van der Waals surface area contributed by atoms with Gasteiger partial charge in [-0.15, -0.1) is 0 Å². The molecular formula is C13H19ClN2O2. The number of anilines is 1. The van der Waals surface area contributed by atoms with E-state index in [9.17, 15) is 4.79 Å². The summed E-state index contributed by atoms with van der Waals surface area (Å²) in [6.45, 7) is 1.76. The number of hydrogen-bond acceptors (Lipinski definition) is 3. The maximum atomic E-state index is 11.1. The van der Waals surface area contributed by atoms with Crippen LogP contribution in [0, 0.1) is 0 Å². The first-order valence-electron chi connectivity index (χ1n) is 5.80. The highest BCUT2D eigenvalue weighted by atomic mass is 35.5. The highest BCUT2D eigenvalue weighted by molar-refractivity contribution is 6.31. The lowest BCUT2D eigenvalue weighted by molar-refractivity contribution is 0.0697. The van der Waals surface area contributed by atoms with Gasteiger partial charge in [-0.2, -0.15) is 0 Å². The molecule has 100 valence electrons. The predicted octanol–water partition coefficient (Wildman–Crippen LogP) is 2.43. The second kappa shape index (κ2) is 6.61. The van der Waals surface area contributed by atoms with Crippen LogP contribution in [0.2, 0.25) is 5.02 Å². The minimum atomic E-state index is -0.930. The van der Waals surface area contributed by atoms with E-state index in [4.69, 9.17) is 16.7 Å². The van der Waals surface area contributed by atoms with Crippen molar-refractivity contribution in [1.29, 1.82) is 0 Å². The number of rotatable bonds is 6. The maximum absolute atomic E-state index is 11.1. The third-order valence-corrected chi connectivity index (χ3v) is 2.94. The van der Waals surface area contributed by atoms with Crippen LogP contribution in [-0.4, -0.2) is 50.2 Å². The van der Waals surface area contributed by atoms with Crippen molar-refractivity contribution in [3.8, 4) is 0 Å². The summed E-state index contributed by atoms with van der Waals surface area (Å²) in [7, 11) is 5.91. The Morgan fingerprint density at radius 2 is 1.94 bits per heavy atom. The quantitative estimate of drug-likeness (QED) is 0.862. The highest BCUT2D eigenvalue weighted by Crippen LogP contribution is 2.24. The summed E-state index contributed by atoms with van der Waals surface area (Å²) in [5.74, 6) is -0.930. The second-order valence-corrected chi connectivity index (χ2v) is 4.98. The van der Waals surface area contributed by atoms with Crippen LogP contribution in [0.25, 0.3) is 0 Å². The predicted molar refractivity (Wildman–Crippen MR) is 74.9 cm³/mol. The van der Waals surface area contributed by atoms with E-state index < -0.39 is 5.97 Å². The Morgan fingerprint density at radius 3 is 2.50 bits per heavy atom. The van der Waals surface area contributed by atoms with E-state index in [2.05, 4.69) is 4.90 Å². The Morgan fingerprint density at radius 1 is 1.28 bits per heavy atom. The summed E-state index contributed by atoms with van der Waals surface area (Å²) in [6.07, 6.45) is 0.967. The first-order chi connectivity index (χ1) is 8.41. The molecule has 0 aliphatic heterocycles. The largest absolute Gasteiger partial charge is 0.478 e. The van der Waals surface area contributed by atoms with Gasteiger partial charge in [0.05, 0.1) is 11.3 Å². The smallest absolute Gasteiger partial charge is 0.337 e. The lowest BCUT2D eigenvalue weighted by Gasteiger charge is -2.22. The van der Waals surface area contributed by atoms with E-state index in [0.717, 1.165) is 19.5 Å². The number of benzene rings is 1. The number of carboxylic acids is 1. The Balaban J connectivity index is 2.80. The first-order valence-corrected chi connectivity index (χ1v) is 6.18. The van der Waals surface area contributed by atoms with E-state index in [-0.39, 0.29) is 5.56 Å². The molecule has 1 aromatic rings. The number of carbonyl (C=O) groups is 1. The molecule has 0 spiro atoms. The zero-order valence-electron chi connectivity index (χ0n) is 11.0. The molecule has 0 saturated heterocycles. The van der Waals surface area contributed by atoms with Gasteiger partial charge in [0.15, 0.2) is 0 Å². The van der Waals surface area contributed by atoms with E-state index in [1.54, 1.807) is 18.2 Å². The van der Waals surface area contributed by atoms with Crippen molar-refractivity contribution in [2.45, 2.75) is 6.42 Å². The molecule has 1 N–H and O–H groups in total. The number of carboxylic acid groups (broad SMARTS) is 1. The molecule has 0 unspecified atom stereocenters. The van der Waals surface area contributed by atoms with Gasteiger partial charge in [-0.25, -0.2) is 4.79 Å². The minimum Gasteiger partial charge on any atom is -0.478 e. The summed E-state index contributed by atoms with van der Waals surface area (Å²) >= 11 is 5.92. The molecule has 18 heavy (non-hydrogen) atoms. The molecule has 0 atom stereocenters. The van der Waals surface area contributed by atoms with Crippen molar-refractivity contribution in [2.75, 3.05) is 39.1 Å². The van der Waals surface area contributed by atoms with Crippen LogP contribution < -0.4 is 4.90 Å². The maximum Gasteiger partial charge on any atom is 0.337 e. The van der Waals surface area contributed by atoms with E-state index in [1.165, 1.54) is 0 Å². The SMILES string of the molecule is CN(C)CCCN(C)c1cc(Cl)ccc1C(=O)O. The normalized spacial score (nSPS) is 10.7. The van der Waals surface area contributed by atoms with E-state index >= 15 is 0 Å². The van der Waals surface area contributed by atoms with Gasteiger partial charge in [0, 0.05) is 18.6 Å². The molecule has 0 radical (unpaired) electrons. The van der Waals surface area contributed by atoms with Crippen molar-refractivity contribution < 1.29 is 9.90 Å². The number of nitrogens with zero attached hydrogens (tertiary/aromatic N) is 2. The molecule has 0 aliphatic carbocycles. The molecule has 0 bridgehead atoms. The van der Waals surface area contributed by atoms with Gasteiger partial charge in [-0.1, -0.05) is 11.6 Å². The molecule has 0 heterocycles. The third kappa shape index (κ3) is 4.20. The fourth-order valence-electron chi connectivity index (χ4n) is 1.75. The molecule has 0 amide bonds. The zero-order valence-corrected chi connectivity index (χ0v) is 11.7. The number of aromatic carboxylic acids is 1. The Labute approximate surface area is 113 Å². The first kappa shape index (κ1) is 14.8. The van der Waals surface area contributed by atoms with Gasteiger partial charge in [0.2, 0.25) is 0 Å². The van der Waals surface area contributed by atoms with Gasteiger partial charge >= 0.3 is 5.97 Å². The summed E-state index contributed by atoms with van der Waals surface area (Å²) in [5, 5.41) is 9.69. The lowest BCUT2D eigenvalue weighted by Crippen LogP contribution is -2.24. The summed E-state index contributed by atoms with van der Waals surface area (Å²) in [5.41, 5.74) is 0.945. The molecule has 0 aromatic heterocycles. The molecule has 0 aliphatic rings. The van der Waals surface area contributed by atoms with Gasteiger partial charge in [-0.05, 0) is 45.3 Å². The van der Waals surface area contributed by atoms with Gasteiger partial charge in [-0.3, -0.25) is 0 Å². The van der Waals surface area contributed by atoms with Gasteiger partial charge in [0.25, 0.3) is 0 Å². The van der Waals surface area contributed by atoms with Crippen molar-refractivity contribution in [3.05, 3.63) is 28.8 Å². The monoisotopic (exact) mass is 270 g/mol. The summed E-state index contributed by atoms with van der Waals surface area (Å²) in [6, 6.07) is 4.84. The fraction of sp³-hybridized carbons (Fsp3) is 0.462. The molecule has 0 fully saturated rings. The van der Waals surface area contributed by atoms with Crippen LogP contribution in [0.5, 0.6) is 0 Å². The van der Waals surface area contributed by atoms with Crippen molar-refractivity contribution in [2.24, 2.45) is 0 Å². The average Bonchev–Trinajstić information content (AvgIpc) is 2.27. The Kier molecular flexibility index (Phi) is 5.44. The van der Waals surface area contributed by atoms with Crippen molar-refractivity contribution >= 4 is 23.3 Å². The topological polar surface area (TPSA) is 43.8 Å². The van der Waals surface area contributed by atoms with Crippen LogP contribution in [0.4, 0.5) is 5.69 Å². The third-order valence-electron chi connectivity index (χ3n) is 2.70. The summed E-state index contributed by atoms with van der Waals surface area (Å²) < 4.78 is 0. The standard InChI is InChI=1S/C13H19ClN2O2/c1-15(2)7-4-8-16(3)12-9-10(14)5-6-11(12)13(17)18/h5-6,9H,4,7-8H2,1-3H3,(H,17,18). The van der Waals surface area contributed by atoms with E-state index in [1.807, 2.05) is 26.0 Å². The van der Waals surface area contributed by atoms with Crippen LogP contribution in [-0.2, 0) is 0 Å². The second-order valence-electron chi connectivity index (χ2n) is 4.55. The van der Waals surface area contributed by atoms with Gasteiger partial charge in [0.1, 0.15) is 0 Å². The average molecular weight is 271 g/mol. The highest BCUT2D eigenvalue weighted by Gasteiger charge is 2.13. The zero-order chi connectivity index (χ0) is 13.7. The van der Waals surface area contributed by atoms with Crippen LogP contribution >= 0.6 is 11.6 Å². The Bertz CT molecular complexity index is 421. The number of hydrogen-bond donors (Lipinski definition) is 1. The van der Waals surface area contributed by atoms with Crippen LogP contribution in [0.15, 0.2) is 18.2 Å². The number of halogens is 1. The Hall–Kier alpha value is -1.26. The van der Waals surface area contributed by atoms with Crippen LogP contribution in [0.3, 0.4) is 0 Å². The van der Waals surface area contributed by atoms with Crippen LogP contribution in [0.1, 0.15) is 16.8 Å².